The van der Waals surface area contributed by atoms with Crippen LogP contribution in [0.25, 0.3) is 0 Å². The number of ether oxygens (including phenoxy) is 2. The Morgan fingerprint density at radius 2 is 1.87 bits per heavy atom. The molecular weight excluding hydrogens is 537 g/mol. The fraction of sp³-hybridized carbons (Fsp3) is 0.533. The van der Waals surface area contributed by atoms with Gasteiger partial charge in [0.15, 0.2) is 6.73 Å². The minimum absolute atomic E-state index is 0.153. The molecule has 39 heavy (non-hydrogen) atoms. The van der Waals surface area contributed by atoms with Gasteiger partial charge in [-0.05, 0) is 55.5 Å². The van der Waals surface area contributed by atoms with Gasteiger partial charge in [0.1, 0.15) is 12.0 Å². The van der Waals surface area contributed by atoms with E-state index in [1.54, 1.807) is 0 Å². The van der Waals surface area contributed by atoms with Crippen LogP contribution in [0.4, 0.5) is 11.4 Å². The van der Waals surface area contributed by atoms with Crippen LogP contribution >= 0.6 is 23.2 Å². The lowest BCUT2D eigenvalue weighted by molar-refractivity contribution is -0.144. The van der Waals surface area contributed by atoms with E-state index in [-0.39, 0.29) is 18.6 Å². The molecule has 2 aromatic rings. The summed E-state index contributed by atoms with van der Waals surface area (Å²) in [7, 11) is 1.88. The first kappa shape index (κ1) is 31.1. The highest BCUT2D eigenvalue weighted by Gasteiger charge is 2.19. The van der Waals surface area contributed by atoms with Crippen molar-refractivity contribution in [2.24, 2.45) is 5.92 Å². The Labute approximate surface area is 242 Å². The van der Waals surface area contributed by atoms with Gasteiger partial charge in [0, 0.05) is 57.8 Å². The number of anilines is 2. The normalized spacial score (nSPS) is 13.9. The van der Waals surface area contributed by atoms with Gasteiger partial charge in [0.05, 0.1) is 22.3 Å². The van der Waals surface area contributed by atoms with Crippen molar-refractivity contribution >= 4 is 46.8 Å². The first-order valence-corrected chi connectivity index (χ1v) is 14.5. The van der Waals surface area contributed by atoms with Crippen molar-refractivity contribution in [3.63, 3.8) is 0 Å². The zero-order valence-corrected chi connectivity index (χ0v) is 24.8. The number of carbonyl (C=O) groups is 2. The van der Waals surface area contributed by atoms with Crippen molar-refractivity contribution in [3.8, 4) is 5.75 Å². The summed E-state index contributed by atoms with van der Waals surface area (Å²) < 4.78 is 11.5. The van der Waals surface area contributed by atoms with Crippen molar-refractivity contribution in [3.05, 3.63) is 52.0 Å². The number of benzene rings is 2. The van der Waals surface area contributed by atoms with Gasteiger partial charge in [-0.2, -0.15) is 0 Å². The number of aryl methyl sites for hydroxylation is 1. The van der Waals surface area contributed by atoms with Crippen molar-refractivity contribution in [2.75, 3.05) is 62.9 Å². The summed E-state index contributed by atoms with van der Waals surface area (Å²) in [6.45, 7) is 9.61. The average Bonchev–Trinajstić information content (AvgIpc) is 2.92. The average molecular weight is 579 g/mol. The minimum Gasteiger partial charge on any atom is -0.494 e. The molecule has 2 aromatic carbocycles. The molecule has 0 atom stereocenters. The lowest BCUT2D eigenvalue weighted by atomic mass is 10.1. The van der Waals surface area contributed by atoms with Crippen LogP contribution < -0.4 is 14.5 Å². The fourth-order valence-electron chi connectivity index (χ4n) is 4.62. The van der Waals surface area contributed by atoms with E-state index in [0.717, 1.165) is 74.5 Å². The van der Waals surface area contributed by atoms with Crippen LogP contribution in [-0.2, 0) is 20.7 Å². The maximum atomic E-state index is 12.0. The lowest BCUT2D eigenvalue weighted by Gasteiger charge is -2.36. The van der Waals surface area contributed by atoms with Crippen LogP contribution in [0.2, 0.25) is 10.0 Å². The summed E-state index contributed by atoms with van der Waals surface area (Å²) in [6, 6.07) is 11.7. The van der Waals surface area contributed by atoms with Gasteiger partial charge in [0.25, 0.3) is 0 Å². The zero-order valence-electron chi connectivity index (χ0n) is 23.3. The molecule has 3 rings (SSSR count). The van der Waals surface area contributed by atoms with E-state index in [0.29, 0.717) is 35.9 Å². The topological polar surface area (TPSA) is 62.3 Å². The Kier molecular flexibility index (Phi) is 12.7. The minimum atomic E-state index is -0.214. The Balaban J connectivity index is 1.43. The maximum absolute atomic E-state index is 12.0. The number of hydrogen-bond acceptors (Lipinski definition) is 7. The molecular formula is C30H41Cl2N3O4. The molecule has 0 aromatic heterocycles. The summed E-state index contributed by atoms with van der Waals surface area (Å²) >= 11 is 12.6. The Morgan fingerprint density at radius 1 is 1.10 bits per heavy atom. The molecule has 9 heteroatoms. The molecule has 1 heterocycles. The van der Waals surface area contributed by atoms with Gasteiger partial charge in [-0.15, -0.1) is 0 Å². The molecule has 0 unspecified atom stereocenters. The number of piperazine rings is 1. The molecule has 7 nitrogen and oxygen atoms in total. The first-order valence-electron chi connectivity index (χ1n) is 13.8. The third kappa shape index (κ3) is 9.89. The molecule has 1 aliphatic rings. The number of carbonyl (C=O) groups excluding carboxylic acids is 2. The summed E-state index contributed by atoms with van der Waals surface area (Å²) in [6.07, 6.45) is 4.37. The molecule has 0 N–H and O–H groups in total. The van der Waals surface area contributed by atoms with E-state index >= 15 is 0 Å². The van der Waals surface area contributed by atoms with Gasteiger partial charge in [-0.3, -0.25) is 9.69 Å². The van der Waals surface area contributed by atoms with E-state index in [2.05, 4.69) is 9.80 Å². The van der Waals surface area contributed by atoms with Crippen LogP contribution in [0.5, 0.6) is 5.75 Å². The predicted molar refractivity (Wildman–Crippen MR) is 159 cm³/mol. The van der Waals surface area contributed by atoms with E-state index in [9.17, 15) is 9.59 Å². The van der Waals surface area contributed by atoms with Crippen LogP contribution in [0.1, 0.15) is 45.1 Å². The Bertz CT molecular complexity index is 1070. The summed E-state index contributed by atoms with van der Waals surface area (Å²) in [5.74, 6) is 0.806. The van der Waals surface area contributed by atoms with Crippen molar-refractivity contribution in [2.45, 2.75) is 46.0 Å². The predicted octanol–water partition coefficient (Wildman–Crippen LogP) is 6.09. The quantitative estimate of drug-likeness (QED) is 0.110. The van der Waals surface area contributed by atoms with Crippen molar-refractivity contribution in [1.29, 1.82) is 0 Å². The number of nitrogens with zero attached hydrogens (tertiary/aromatic N) is 3. The van der Waals surface area contributed by atoms with Gasteiger partial charge in [-0.1, -0.05) is 49.2 Å². The van der Waals surface area contributed by atoms with E-state index < -0.39 is 0 Å². The van der Waals surface area contributed by atoms with E-state index in [1.807, 2.05) is 62.2 Å². The molecule has 0 aliphatic carbocycles. The second-order valence-corrected chi connectivity index (χ2v) is 11.2. The largest absolute Gasteiger partial charge is 0.494 e. The van der Waals surface area contributed by atoms with Crippen LogP contribution in [0.3, 0.4) is 0 Å². The number of esters is 1. The number of rotatable bonds is 15. The highest BCUT2D eigenvalue weighted by molar-refractivity contribution is 6.43. The third-order valence-corrected chi connectivity index (χ3v) is 7.58. The SMILES string of the molecule is CC(C)CC(=O)OCN(C)c1cc(OCCCCN2CCN(c3cccc(Cl)c3Cl)CC2)ccc1CCC=O. The number of hydrogen-bond donors (Lipinski definition) is 0. The molecule has 0 radical (unpaired) electrons. The Morgan fingerprint density at radius 3 is 2.59 bits per heavy atom. The molecule has 0 amide bonds. The first-order chi connectivity index (χ1) is 18.8. The van der Waals surface area contributed by atoms with Gasteiger partial charge < -0.3 is 24.1 Å². The molecule has 0 saturated carbocycles. The van der Waals surface area contributed by atoms with E-state index in [4.69, 9.17) is 32.7 Å². The summed E-state index contributed by atoms with van der Waals surface area (Å²) in [5.41, 5.74) is 2.94. The molecule has 0 spiro atoms. The summed E-state index contributed by atoms with van der Waals surface area (Å²) in [5, 5.41) is 1.22. The van der Waals surface area contributed by atoms with Crippen LogP contribution in [0, 0.1) is 5.92 Å². The monoisotopic (exact) mass is 577 g/mol. The highest BCUT2D eigenvalue weighted by Crippen LogP contribution is 2.33. The third-order valence-electron chi connectivity index (χ3n) is 6.78. The molecule has 214 valence electrons. The maximum Gasteiger partial charge on any atom is 0.307 e. The van der Waals surface area contributed by atoms with Crippen LogP contribution in [-0.4, -0.2) is 70.3 Å². The smallest absolute Gasteiger partial charge is 0.307 e. The summed E-state index contributed by atoms with van der Waals surface area (Å²) in [4.78, 5) is 29.6. The number of unbranched alkanes of at least 4 members (excludes halogenated alkanes) is 1. The second kappa shape index (κ2) is 15.9. The molecule has 1 aliphatic heterocycles. The second-order valence-electron chi connectivity index (χ2n) is 10.4. The van der Waals surface area contributed by atoms with Gasteiger partial charge >= 0.3 is 5.97 Å². The van der Waals surface area contributed by atoms with Crippen molar-refractivity contribution in [1.82, 2.24) is 4.90 Å². The highest BCUT2D eigenvalue weighted by atomic mass is 35.5. The van der Waals surface area contributed by atoms with E-state index in [1.165, 1.54) is 0 Å². The fourth-order valence-corrected chi connectivity index (χ4v) is 5.04. The van der Waals surface area contributed by atoms with Gasteiger partial charge in [0.2, 0.25) is 0 Å². The number of halogens is 2. The molecule has 1 fully saturated rings. The van der Waals surface area contributed by atoms with Crippen molar-refractivity contribution < 1.29 is 19.1 Å². The molecule has 1 saturated heterocycles. The Hall–Kier alpha value is -2.48. The number of aldehydes is 1. The zero-order chi connectivity index (χ0) is 28.2. The standard InChI is InChI=1S/C30H41Cl2N3O4/c1-23(2)20-29(37)39-22-33(3)28-21-25(12-11-24(28)8-7-18-36)38-19-5-4-13-34-14-16-35(17-15-34)27-10-6-9-26(31)30(27)32/h6,9-12,18,21,23H,4-5,7-8,13-17,19-20,22H2,1-3H3. The lowest BCUT2D eigenvalue weighted by Crippen LogP contribution is -2.46. The van der Waals surface area contributed by atoms with Gasteiger partial charge in [-0.25, -0.2) is 0 Å². The van der Waals surface area contributed by atoms with Crippen LogP contribution in [0.15, 0.2) is 36.4 Å². The molecule has 0 bridgehead atoms.